The monoisotopic (exact) mass is 365 g/mol. The summed E-state index contributed by atoms with van der Waals surface area (Å²) in [5.74, 6) is 1.94. The third-order valence-electron chi connectivity index (χ3n) is 3.83. The van der Waals surface area contributed by atoms with E-state index >= 15 is 0 Å². The molecule has 26 heavy (non-hydrogen) atoms. The van der Waals surface area contributed by atoms with E-state index in [2.05, 4.69) is 4.98 Å². The Morgan fingerprint density at radius 3 is 2.81 bits per heavy atom. The van der Waals surface area contributed by atoms with E-state index in [4.69, 9.17) is 14.2 Å². The first-order valence-electron chi connectivity index (χ1n) is 8.00. The summed E-state index contributed by atoms with van der Waals surface area (Å²) in [4.78, 5) is 16.5. The molecule has 3 aromatic rings. The molecule has 0 saturated carbocycles. The van der Waals surface area contributed by atoms with Crippen molar-refractivity contribution in [2.24, 2.45) is 0 Å². The predicted octanol–water partition coefficient (Wildman–Crippen LogP) is 4.35. The van der Waals surface area contributed by atoms with Crippen LogP contribution in [0.1, 0.15) is 21.6 Å². The van der Waals surface area contributed by atoms with Gasteiger partial charge in [0, 0.05) is 10.9 Å². The van der Waals surface area contributed by atoms with E-state index < -0.39 is 0 Å². The Morgan fingerprint density at radius 2 is 2.00 bits per heavy atom. The van der Waals surface area contributed by atoms with Gasteiger partial charge in [-0.15, -0.1) is 11.3 Å². The lowest BCUT2D eigenvalue weighted by Crippen LogP contribution is -1.95. The van der Waals surface area contributed by atoms with E-state index in [0.29, 0.717) is 23.7 Å². The molecule has 0 fully saturated rings. The number of carbonyl (C=O) groups is 1. The van der Waals surface area contributed by atoms with Crippen LogP contribution < -0.4 is 14.2 Å². The first-order valence-corrected chi connectivity index (χ1v) is 8.94. The first kappa shape index (κ1) is 16.4. The van der Waals surface area contributed by atoms with Crippen molar-refractivity contribution in [1.82, 2.24) is 4.98 Å². The molecule has 1 aliphatic heterocycles. The van der Waals surface area contributed by atoms with Crippen molar-refractivity contribution in [3.05, 3.63) is 76.3 Å². The molecule has 4 rings (SSSR count). The van der Waals surface area contributed by atoms with Gasteiger partial charge in [-0.05, 0) is 42.0 Å². The zero-order valence-electron chi connectivity index (χ0n) is 13.8. The molecule has 0 bridgehead atoms. The molecular formula is C20H15NO4S. The summed E-state index contributed by atoms with van der Waals surface area (Å²) in [6.07, 6.45) is 3.32. The summed E-state index contributed by atoms with van der Waals surface area (Å²) in [5, 5.41) is 1.96. The van der Waals surface area contributed by atoms with Gasteiger partial charge in [-0.1, -0.05) is 18.2 Å². The van der Waals surface area contributed by atoms with Crippen molar-refractivity contribution in [3.63, 3.8) is 0 Å². The number of thiazole rings is 1. The maximum absolute atomic E-state index is 12.3. The molecule has 6 heteroatoms. The number of fused-ring (bicyclic) bond motifs is 1. The molecule has 0 aliphatic carbocycles. The fourth-order valence-electron chi connectivity index (χ4n) is 2.46. The van der Waals surface area contributed by atoms with Gasteiger partial charge in [-0.2, -0.15) is 0 Å². The highest BCUT2D eigenvalue weighted by Crippen LogP contribution is 2.32. The number of rotatable bonds is 6. The highest BCUT2D eigenvalue weighted by Gasteiger charge is 2.15. The van der Waals surface area contributed by atoms with E-state index in [-0.39, 0.29) is 12.6 Å². The van der Waals surface area contributed by atoms with Crippen molar-refractivity contribution in [3.8, 4) is 17.2 Å². The lowest BCUT2D eigenvalue weighted by Gasteiger charge is -2.04. The molecule has 5 nitrogen and oxygen atoms in total. The molecule has 0 unspecified atom stereocenters. The van der Waals surface area contributed by atoms with E-state index in [9.17, 15) is 4.79 Å². The van der Waals surface area contributed by atoms with Gasteiger partial charge in [0.25, 0.3) is 0 Å². The third kappa shape index (κ3) is 3.75. The van der Waals surface area contributed by atoms with E-state index in [1.54, 1.807) is 47.2 Å². The molecule has 0 amide bonds. The van der Waals surface area contributed by atoms with Gasteiger partial charge >= 0.3 is 0 Å². The maximum Gasteiger partial charge on any atom is 0.231 e. The molecule has 0 N–H and O–H groups in total. The zero-order valence-corrected chi connectivity index (χ0v) is 14.6. The molecule has 1 aliphatic rings. The first-order chi connectivity index (χ1) is 12.8. The van der Waals surface area contributed by atoms with Crippen LogP contribution in [-0.4, -0.2) is 17.6 Å². The van der Waals surface area contributed by atoms with Crippen molar-refractivity contribution in [2.75, 3.05) is 6.79 Å². The Kier molecular flexibility index (Phi) is 4.66. The van der Waals surface area contributed by atoms with Crippen molar-refractivity contribution in [2.45, 2.75) is 6.61 Å². The summed E-state index contributed by atoms with van der Waals surface area (Å²) in [6.45, 7) is 0.640. The Hall–Kier alpha value is -3.12. The van der Waals surface area contributed by atoms with E-state index in [0.717, 1.165) is 17.0 Å². The van der Waals surface area contributed by atoms with Crippen LogP contribution in [0.25, 0.3) is 6.08 Å². The Labute approximate surface area is 154 Å². The Bertz CT molecular complexity index is 933. The molecule has 0 atom stereocenters. The third-order valence-corrected chi connectivity index (χ3v) is 4.47. The quantitative estimate of drug-likeness (QED) is 0.480. The van der Waals surface area contributed by atoms with Gasteiger partial charge in [-0.3, -0.25) is 4.79 Å². The fourth-order valence-corrected chi connectivity index (χ4v) is 3.00. The van der Waals surface area contributed by atoms with E-state index in [1.165, 1.54) is 0 Å². The van der Waals surface area contributed by atoms with Crippen LogP contribution >= 0.6 is 11.3 Å². The summed E-state index contributed by atoms with van der Waals surface area (Å²) < 4.78 is 16.2. The van der Waals surface area contributed by atoms with Gasteiger partial charge in [0.2, 0.25) is 6.79 Å². The number of hydrogen-bond acceptors (Lipinski definition) is 6. The second kappa shape index (κ2) is 7.41. The average Bonchev–Trinajstić information content (AvgIpc) is 3.36. The van der Waals surface area contributed by atoms with Crippen LogP contribution in [0.3, 0.4) is 0 Å². The van der Waals surface area contributed by atoms with Crippen LogP contribution in [-0.2, 0) is 6.61 Å². The smallest absolute Gasteiger partial charge is 0.231 e. The lowest BCUT2D eigenvalue weighted by molar-refractivity contribution is 0.104. The highest BCUT2D eigenvalue weighted by molar-refractivity contribution is 7.07. The van der Waals surface area contributed by atoms with E-state index in [1.807, 2.05) is 29.6 Å². The minimum absolute atomic E-state index is 0.0906. The van der Waals surface area contributed by atoms with Gasteiger partial charge in [-0.25, -0.2) is 4.98 Å². The molecule has 0 radical (unpaired) electrons. The summed E-state index contributed by atoms with van der Waals surface area (Å²) >= 11 is 1.54. The van der Waals surface area contributed by atoms with Crippen LogP contribution in [0.2, 0.25) is 0 Å². The lowest BCUT2D eigenvalue weighted by atomic mass is 10.1. The standard InChI is InChI=1S/C20H15NO4S/c22-18(15-4-8-19-20(9-15)25-13-24-19)7-3-14-1-5-17(6-2-14)23-10-16-11-26-12-21-16/h1-9,11-12H,10,13H2. The van der Waals surface area contributed by atoms with Gasteiger partial charge in [0.05, 0.1) is 11.2 Å². The molecule has 1 aromatic heterocycles. The molecule has 2 aromatic carbocycles. The number of ketones is 1. The van der Waals surface area contributed by atoms with Crippen molar-refractivity contribution in [1.29, 1.82) is 0 Å². The summed E-state index contributed by atoms with van der Waals surface area (Å²) in [5.41, 5.74) is 4.17. The minimum atomic E-state index is -0.0906. The second-order valence-corrected chi connectivity index (χ2v) is 6.32. The molecule has 2 heterocycles. The largest absolute Gasteiger partial charge is 0.487 e. The highest BCUT2D eigenvalue weighted by atomic mass is 32.1. The van der Waals surface area contributed by atoms with Gasteiger partial charge in [0.15, 0.2) is 17.3 Å². The summed E-state index contributed by atoms with van der Waals surface area (Å²) in [6, 6.07) is 12.7. The topological polar surface area (TPSA) is 57.7 Å². The van der Waals surface area contributed by atoms with Crippen LogP contribution in [0, 0.1) is 0 Å². The van der Waals surface area contributed by atoms with Crippen LogP contribution in [0.4, 0.5) is 0 Å². The molecule has 0 saturated heterocycles. The number of nitrogens with zero attached hydrogens (tertiary/aromatic N) is 1. The van der Waals surface area contributed by atoms with Crippen LogP contribution in [0.5, 0.6) is 17.2 Å². The average molecular weight is 365 g/mol. The molecule has 130 valence electrons. The number of ether oxygens (including phenoxy) is 3. The summed E-state index contributed by atoms with van der Waals surface area (Å²) in [7, 11) is 0. The maximum atomic E-state index is 12.3. The number of benzene rings is 2. The van der Waals surface area contributed by atoms with Gasteiger partial charge < -0.3 is 14.2 Å². The minimum Gasteiger partial charge on any atom is -0.487 e. The van der Waals surface area contributed by atoms with Crippen LogP contribution in [0.15, 0.2) is 59.4 Å². The predicted molar refractivity (Wildman–Crippen MR) is 98.8 cm³/mol. The van der Waals surface area contributed by atoms with Crippen molar-refractivity contribution >= 4 is 23.2 Å². The SMILES string of the molecule is O=C(C=Cc1ccc(OCc2cscn2)cc1)c1ccc2c(c1)OCO2. The Balaban J connectivity index is 1.38. The molecule has 0 spiro atoms. The number of aromatic nitrogens is 1. The zero-order chi connectivity index (χ0) is 17.8. The second-order valence-electron chi connectivity index (χ2n) is 5.60. The number of carbonyl (C=O) groups excluding carboxylic acids is 1. The number of allylic oxidation sites excluding steroid dienone is 1. The fraction of sp³-hybridized carbons (Fsp3) is 0.100. The Morgan fingerprint density at radius 1 is 1.15 bits per heavy atom. The molecular weight excluding hydrogens is 350 g/mol. The number of hydrogen-bond donors (Lipinski definition) is 0. The van der Waals surface area contributed by atoms with Gasteiger partial charge in [0.1, 0.15) is 12.4 Å². The van der Waals surface area contributed by atoms with Crippen molar-refractivity contribution < 1.29 is 19.0 Å². The normalized spacial score (nSPS) is 12.5.